The standard InChI is InChI=1S/C16H16FNO2/c1-16(2)9-10-4-3-5-13(15(10)20-16)19-14-8-11(17)6-7-12(14)18/h3-8H,9,18H2,1-2H3. The zero-order valence-electron chi connectivity index (χ0n) is 11.4. The number of benzene rings is 2. The van der Waals surface area contributed by atoms with Gasteiger partial charge in [-0.1, -0.05) is 12.1 Å². The van der Waals surface area contributed by atoms with Gasteiger partial charge in [0.25, 0.3) is 0 Å². The third-order valence-corrected chi connectivity index (χ3v) is 3.25. The Labute approximate surface area is 117 Å². The molecule has 0 saturated heterocycles. The van der Waals surface area contributed by atoms with Gasteiger partial charge >= 0.3 is 0 Å². The number of halogens is 1. The van der Waals surface area contributed by atoms with Crippen molar-refractivity contribution in [3.8, 4) is 17.2 Å². The minimum Gasteiger partial charge on any atom is -0.483 e. The molecule has 3 rings (SSSR count). The van der Waals surface area contributed by atoms with Crippen LogP contribution in [0.1, 0.15) is 19.4 Å². The molecule has 4 heteroatoms. The first-order valence-electron chi connectivity index (χ1n) is 6.48. The van der Waals surface area contributed by atoms with Crippen LogP contribution in [0.5, 0.6) is 17.2 Å². The molecular formula is C16H16FNO2. The third kappa shape index (κ3) is 2.29. The second-order valence-corrected chi connectivity index (χ2v) is 5.57. The maximum Gasteiger partial charge on any atom is 0.169 e. The first-order chi connectivity index (χ1) is 9.44. The highest BCUT2D eigenvalue weighted by atomic mass is 19.1. The van der Waals surface area contributed by atoms with Crippen LogP contribution in [-0.2, 0) is 6.42 Å². The van der Waals surface area contributed by atoms with Gasteiger partial charge in [0.2, 0.25) is 0 Å². The van der Waals surface area contributed by atoms with Crippen LogP contribution in [0.4, 0.5) is 10.1 Å². The maximum absolute atomic E-state index is 13.3. The number of hydrogen-bond donors (Lipinski definition) is 1. The molecule has 1 aliphatic heterocycles. The van der Waals surface area contributed by atoms with Crippen molar-refractivity contribution in [3.05, 3.63) is 47.8 Å². The molecule has 0 aromatic heterocycles. The molecule has 0 saturated carbocycles. The van der Waals surface area contributed by atoms with Crippen LogP contribution in [0.25, 0.3) is 0 Å². The molecule has 2 N–H and O–H groups in total. The fraction of sp³-hybridized carbons (Fsp3) is 0.250. The molecule has 0 radical (unpaired) electrons. The van der Waals surface area contributed by atoms with Crippen molar-refractivity contribution >= 4 is 5.69 Å². The summed E-state index contributed by atoms with van der Waals surface area (Å²) in [5.41, 5.74) is 7.02. The Hall–Kier alpha value is -2.23. The van der Waals surface area contributed by atoms with Crippen LogP contribution in [0.3, 0.4) is 0 Å². The van der Waals surface area contributed by atoms with Crippen molar-refractivity contribution in [3.63, 3.8) is 0 Å². The Kier molecular flexibility index (Phi) is 2.82. The van der Waals surface area contributed by atoms with Gasteiger partial charge in [-0.3, -0.25) is 0 Å². The molecule has 2 aromatic rings. The third-order valence-electron chi connectivity index (χ3n) is 3.25. The number of hydrogen-bond acceptors (Lipinski definition) is 3. The molecule has 2 aromatic carbocycles. The van der Waals surface area contributed by atoms with E-state index in [9.17, 15) is 4.39 Å². The van der Waals surface area contributed by atoms with E-state index in [1.54, 1.807) is 6.07 Å². The summed E-state index contributed by atoms with van der Waals surface area (Å²) in [6.07, 6.45) is 0.818. The molecule has 1 heterocycles. The molecule has 0 bridgehead atoms. The Morgan fingerprint density at radius 1 is 1.20 bits per heavy atom. The van der Waals surface area contributed by atoms with Crippen molar-refractivity contribution in [2.24, 2.45) is 0 Å². The molecule has 0 fully saturated rings. The van der Waals surface area contributed by atoms with Crippen molar-refractivity contribution in [2.75, 3.05) is 5.73 Å². The lowest BCUT2D eigenvalue weighted by atomic mass is 10.0. The van der Waals surface area contributed by atoms with E-state index in [1.165, 1.54) is 18.2 Å². The Balaban J connectivity index is 1.97. The fourth-order valence-corrected chi connectivity index (χ4v) is 2.38. The van der Waals surface area contributed by atoms with E-state index in [2.05, 4.69) is 0 Å². The maximum atomic E-state index is 13.3. The van der Waals surface area contributed by atoms with Gasteiger partial charge in [0.05, 0.1) is 5.69 Å². The number of para-hydroxylation sites is 1. The lowest BCUT2D eigenvalue weighted by Gasteiger charge is -2.18. The van der Waals surface area contributed by atoms with E-state index in [0.29, 0.717) is 22.9 Å². The molecule has 0 aliphatic carbocycles. The molecule has 0 unspecified atom stereocenters. The summed E-state index contributed by atoms with van der Waals surface area (Å²) in [6.45, 7) is 4.04. The summed E-state index contributed by atoms with van der Waals surface area (Å²) < 4.78 is 24.9. The van der Waals surface area contributed by atoms with E-state index < -0.39 is 0 Å². The van der Waals surface area contributed by atoms with Crippen LogP contribution in [-0.4, -0.2) is 5.60 Å². The molecule has 3 nitrogen and oxygen atoms in total. The Bertz CT molecular complexity index is 668. The van der Waals surface area contributed by atoms with Gasteiger partial charge in [-0.05, 0) is 32.0 Å². The van der Waals surface area contributed by atoms with Gasteiger partial charge in [-0.25, -0.2) is 4.39 Å². The topological polar surface area (TPSA) is 44.5 Å². The molecular weight excluding hydrogens is 257 g/mol. The van der Waals surface area contributed by atoms with Gasteiger partial charge in [-0.15, -0.1) is 0 Å². The number of anilines is 1. The van der Waals surface area contributed by atoms with Gasteiger partial charge < -0.3 is 15.2 Å². The van der Waals surface area contributed by atoms with Crippen molar-refractivity contribution in [2.45, 2.75) is 25.9 Å². The van der Waals surface area contributed by atoms with Crippen molar-refractivity contribution in [1.29, 1.82) is 0 Å². The predicted octanol–water partition coefficient (Wildman–Crippen LogP) is 3.91. The highest BCUT2D eigenvalue weighted by molar-refractivity contribution is 5.57. The fourth-order valence-electron chi connectivity index (χ4n) is 2.38. The number of ether oxygens (including phenoxy) is 2. The largest absolute Gasteiger partial charge is 0.483 e. The number of fused-ring (bicyclic) bond motifs is 1. The Morgan fingerprint density at radius 2 is 2.00 bits per heavy atom. The van der Waals surface area contributed by atoms with Gasteiger partial charge in [-0.2, -0.15) is 0 Å². The summed E-state index contributed by atoms with van der Waals surface area (Å²) in [5, 5.41) is 0. The van der Waals surface area contributed by atoms with E-state index in [1.807, 2.05) is 26.0 Å². The molecule has 1 aliphatic rings. The van der Waals surface area contributed by atoms with Crippen LogP contribution in [0.15, 0.2) is 36.4 Å². The number of nitrogens with two attached hydrogens (primary N) is 1. The summed E-state index contributed by atoms with van der Waals surface area (Å²) >= 11 is 0. The number of nitrogen functional groups attached to an aromatic ring is 1. The second kappa shape index (κ2) is 4.40. The van der Waals surface area contributed by atoms with E-state index in [4.69, 9.17) is 15.2 Å². The van der Waals surface area contributed by atoms with Gasteiger partial charge in [0, 0.05) is 18.1 Å². The van der Waals surface area contributed by atoms with Crippen LogP contribution >= 0.6 is 0 Å². The summed E-state index contributed by atoms with van der Waals surface area (Å²) in [6, 6.07) is 9.76. The summed E-state index contributed by atoms with van der Waals surface area (Å²) in [5.74, 6) is 1.18. The zero-order chi connectivity index (χ0) is 14.3. The van der Waals surface area contributed by atoms with Crippen LogP contribution < -0.4 is 15.2 Å². The average Bonchev–Trinajstić information content (AvgIpc) is 2.69. The lowest BCUT2D eigenvalue weighted by molar-refractivity contribution is 0.135. The smallest absolute Gasteiger partial charge is 0.169 e. The zero-order valence-corrected chi connectivity index (χ0v) is 11.4. The quantitative estimate of drug-likeness (QED) is 0.844. The lowest BCUT2D eigenvalue weighted by Crippen LogP contribution is -2.24. The van der Waals surface area contributed by atoms with Gasteiger partial charge in [0.15, 0.2) is 17.2 Å². The monoisotopic (exact) mass is 273 g/mol. The summed E-state index contributed by atoms with van der Waals surface area (Å²) in [7, 11) is 0. The van der Waals surface area contributed by atoms with Crippen LogP contribution in [0.2, 0.25) is 0 Å². The van der Waals surface area contributed by atoms with E-state index >= 15 is 0 Å². The normalized spacial score (nSPS) is 15.6. The molecule has 20 heavy (non-hydrogen) atoms. The first kappa shape index (κ1) is 12.8. The summed E-state index contributed by atoms with van der Waals surface area (Å²) in [4.78, 5) is 0. The molecule has 0 amide bonds. The highest BCUT2D eigenvalue weighted by Crippen LogP contribution is 2.44. The van der Waals surface area contributed by atoms with Gasteiger partial charge in [0.1, 0.15) is 11.4 Å². The molecule has 104 valence electrons. The van der Waals surface area contributed by atoms with Crippen molar-refractivity contribution < 1.29 is 13.9 Å². The first-order valence-corrected chi connectivity index (χ1v) is 6.48. The minimum absolute atomic E-state index is 0.255. The van der Waals surface area contributed by atoms with Crippen LogP contribution in [0, 0.1) is 5.82 Å². The van der Waals surface area contributed by atoms with E-state index in [-0.39, 0.29) is 11.4 Å². The highest BCUT2D eigenvalue weighted by Gasteiger charge is 2.32. The SMILES string of the molecule is CC1(C)Cc2cccc(Oc3cc(F)ccc3N)c2O1. The Morgan fingerprint density at radius 3 is 2.80 bits per heavy atom. The average molecular weight is 273 g/mol. The van der Waals surface area contributed by atoms with Crippen molar-refractivity contribution in [1.82, 2.24) is 0 Å². The molecule has 0 atom stereocenters. The number of rotatable bonds is 2. The predicted molar refractivity (Wildman–Crippen MR) is 75.7 cm³/mol. The van der Waals surface area contributed by atoms with E-state index in [0.717, 1.165) is 12.0 Å². The minimum atomic E-state index is -0.386. The second-order valence-electron chi connectivity index (χ2n) is 5.57. The molecule has 0 spiro atoms.